The maximum atomic E-state index is 12.9. The molecule has 0 radical (unpaired) electrons. The van der Waals surface area contributed by atoms with E-state index in [-0.39, 0.29) is 6.61 Å². The van der Waals surface area contributed by atoms with Crippen molar-refractivity contribution in [3.63, 3.8) is 0 Å². The summed E-state index contributed by atoms with van der Waals surface area (Å²) < 4.78 is 18.2. The molecule has 0 aliphatic heterocycles. The van der Waals surface area contributed by atoms with Crippen molar-refractivity contribution in [1.82, 2.24) is 0 Å². The summed E-state index contributed by atoms with van der Waals surface area (Å²) in [5, 5.41) is 11.4. The zero-order valence-electron chi connectivity index (χ0n) is 10.5. The van der Waals surface area contributed by atoms with E-state index in [1.807, 2.05) is 6.07 Å². The summed E-state index contributed by atoms with van der Waals surface area (Å²) in [6.45, 7) is -0.255. The third-order valence-electron chi connectivity index (χ3n) is 2.47. The molecule has 0 saturated carbocycles. The molecule has 2 rings (SSSR count). The molecule has 1 amide bonds. The highest BCUT2D eigenvalue weighted by Crippen LogP contribution is 2.16. The first-order valence-corrected chi connectivity index (χ1v) is 5.86. The number of hydrogen-bond donors (Lipinski definition) is 1. The van der Waals surface area contributed by atoms with Crippen molar-refractivity contribution in [1.29, 1.82) is 5.26 Å². The fourth-order valence-electron chi connectivity index (χ4n) is 1.59. The largest absolute Gasteiger partial charge is 0.482 e. The Morgan fingerprint density at radius 1 is 1.25 bits per heavy atom. The lowest BCUT2D eigenvalue weighted by atomic mass is 10.2. The maximum Gasteiger partial charge on any atom is 0.262 e. The molecule has 0 aliphatic carbocycles. The minimum Gasteiger partial charge on any atom is -0.482 e. The molecular formula is C15H11FN2O2. The third-order valence-corrected chi connectivity index (χ3v) is 2.47. The molecule has 20 heavy (non-hydrogen) atoms. The summed E-state index contributed by atoms with van der Waals surface area (Å²) in [5.74, 6) is -0.522. The molecular weight excluding hydrogens is 259 g/mol. The standard InChI is InChI=1S/C15H11FN2O2/c16-12-5-3-6-13(8-12)18-15(19)10-20-14-7-2-1-4-11(14)9-17/h1-8H,10H2,(H,18,19). The number of carbonyl (C=O) groups excluding carboxylic acids is 1. The lowest BCUT2D eigenvalue weighted by Crippen LogP contribution is -2.20. The van der Waals surface area contributed by atoms with Crippen LogP contribution in [0, 0.1) is 17.1 Å². The molecule has 0 atom stereocenters. The van der Waals surface area contributed by atoms with Crippen molar-refractivity contribution in [2.75, 3.05) is 11.9 Å². The predicted octanol–water partition coefficient (Wildman–Crippen LogP) is 2.71. The average Bonchev–Trinajstić information content (AvgIpc) is 2.45. The summed E-state index contributed by atoms with van der Waals surface area (Å²) in [5.41, 5.74) is 0.707. The fraction of sp³-hybridized carbons (Fsp3) is 0.0667. The van der Waals surface area contributed by atoms with Crippen molar-refractivity contribution in [3.05, 3.63) is 59.9 Å². The van der Waals surface area contributed by atoms with Gasteiger partial charge in [0.05, 0.1) is 5.56 Å². The summed E-state index contributed by atoms with van der Waals surface area (Å²) in [6, 6.07) is 14.2. The van der Waals surface area contributed by atoms with E-state index in [0.29, 0.717) is 17.0 Å². The van der Waals surface area contributed by atoms with Gasteiger partial charge in [0.1, 0.15) is 17.6 Å². The van der Waals surface area contributed by atoms with Crippen LogP contribution < -0.4 is 10.1 Å². The minimum atomic E-state index is -0.432. The molecule has 0 spiro atoms. The molecule has 0 aliphatic rings. The van der Waals surface area contributed by atoms with Crippen molar-refractivity contribution < 1.29 is 13.9 Å². The minimum absolute atomic E-state index is 0.255. The smallest absolute Gasteiger partial charge is 0.262 e. The molecule has 0 aromatic heterocycles. The van der Waals surface area contributed by atoms with Gasteiger partial charge in [0, 0.05) is 5.69 Å². The molecule has 1 N–H and O–H groups in total. The molecule has 0 saturated heterocycles. The summed E-state index contributed by atoms with van der Waals surface area (Å²) >= 11 is 0. The van der Waals surface area contributed by atoms with Crippen LogP contribution in [0.2, 0.25) is 0 Å². The Kier molecular flexibility index (Phi) is 4.30. The number of amides is 1. The second-order valence-electron chi connectivity index (χ2n) is 3.96. The summed E-state index contributed by atoms with van der Waals surface area (Å²) in [6.07, 6.45) is 0. The van der Waals surface area contributed by atoms with Gasteiger partial charge in [-0.25, -0.2) is 4.39 Å². The molecule has 2 aromatic carbocycles. The zero-order chi connectivity index (χ0) is 14.4. The molecule has 0 heterocycles. The van der Waals surface area contributed by atoms with Crippen LogP contribution in [0.5, 0.6) is 5.75 Å². The SMILES string of the molecule is N#Cc1ccccc1OCC(=O)Nc1cccc(F)c1. The van der Waals surface area contributed by atoms with Gasteiger partial charge < -0.3 is 10.1 Å². The van der Waals surface area contributed by atoms with Crippen molar-refractivity contribution in [3.8, 4) is 11.8 Å². The first-order valence-electron chi connectivity index (χ1n) is 5.86. The topological polar surface area (TPSA) is 62.1 Å². The Bertz CT molecular complexity index is 665. The molecule has 0 bridgehead atoms. The molecule has 4 nitrogen and oxygen atoms in total. The van der Waals surface area contributed by atoms with Gasteiger partial charge in [-0.1, -0.05) is 18.2 Å². The van der Waals surface area contributed by atoms with Crippen LogP contribution in [0.25, 0.3) is 0 Å². The Labute approximate surface area is 115 Å². The number of ether oxygens (including phenoxy) is 1. The first-order chi connectivity index (χ1) is 9.69. The lowest BCUT2D eigenvalue weighted by molar-refractivity contribution is -0.118. The Hall–Kier alpha value is -2.87. The van der Waals surface area contributed by atoms with Gasteiger partial charge in [-0.3, -0.25) is 4.79 Å². The van der Waals surface area contributed by atoms with E-state index in [1.165, 1.54) is 18.2 Å². The van der Waals surface area contributed by atoms with E-state index >= 15 is 0 Å². The van der Waals surface area contributed by atoms with Crippen LogP contribution in [-0.2, 0) is 4.79 Å². The molecule has 0 fully saturated rings. The molecule has 0 unspecified atom stereocenters. The average molecular weight is 270 g/mol. The second-order valence-corrected chi connectivity index (χ2v) is 3.96. The van der Waals surface area contributed by atoms with Crippen molar-refractivity contribution >= 4 is 11.6 Å². The predicted molar refractivity (Wildman–Crippen MR) is 71.7 cm³/mol. The van der Waals surface area contributed by atoms with E-state index in [2.05, 4.69) is 5.32 Å². The molecule has 2 aromatic rings. The number of nitriles is 1. The monoisotopic (exact) mass is 270 g/mol. The highest BCUT2D eigenvalue weighted by molar-refractivity contribution is 5.91. The second kappa shape index (κ2) is 6.34. The quantitative estimate of drug-likeness (QED) is 0.929. The number of carbonyl (C=O) groups is 1. The third kappa shape index (κ3) is 3.56. The molecule has 100 valence electrons. The maximum absolute atomic E-state index is 12.9. The summed E-state index contributed by atoms with van der Waals surface area (Å²) in [4.78, 5) is 11.7. The van der Waals surface area contributed by atoms with E-state index in [1.54, 1.807) is 30.3 Å². The van der Waals surface area contributed by atoms with Gasteiger partial charge in [-0.15, -0.1) is 0 Å². The Morgan fingerprint density at radius 3 is 2.80 bits per heavy atom. The number of benzene rings is 2. The van der Waals surface area contributed by atoms with Crippen LogP contribution in [0.1, 0.15) is 5.56 Å². The van der Waals surface area contributed by atoms with Gasteiger partial charge in [-0.05, 0) is 30.3 Å². The van der Waals surface area contributed by atoms with Gasteiger partial charge in [0.2, 0.25) is 0 Å². The van der Waals surface area contributed by atoms with E-state index in [4.69, 9.17) is 10.00 Å². The molecule has 5 heteroatoms. The number of anilines is 1. The van der Waals surface area contributed by atoms with Gasteiger partial charge >= 0.3 is 0 Å². The van der Waals surface area contributed by atoms with E-state index in [0.717, 1.165) is 0 Å². The Balaban J connectivity index is 1.94. The van der Waals surface area contributed by atoms with Gasteiger partial charge in [-0.2, -0.15) is 5.26 Å². The van der Waals surface area contributed by atoms with Gasteiger partial charge in [0.25, 0.3) is 5.91 Å². The first kappa shape index (κ1) is 13.6. The van der Waals surface area contributed by atoms with Crippen LogP contribution in [0.3, 0.4) is 0 Å². The van der Waals surface area contributed by atoms with Crippen LogP contribution in [0.15, 0.2) is 48.5 Å². The number of nitrogens with one attached hydrogen (secondary N) is 1. The fourth-order valence-corrected chi connectivity index (χ4v) is 1.59. The number of hydrogen-bond acceptors (Lipinski definition) is 3. The number of nitrogens with zero attached hydrogens (tertiary/aromatic N) is 1. The van der Waals surface area contributed by atoms with E-state index in [9.17, 15) is 9.18 Å². The Morgan fingerprint density at radius 2 is 2.05 bits per heavy atom. The van der Waals surface area contributed by atoms with Crippen LogP contribution in [-0.4, -0.2) is 12.5 Å². The number of halogens is 1. The highest BCUT2D eigenvalue weighted by atomic mass is 19.1. The highest BCUT2D eigenvalue weighted by Gasteiger charge is 2.07. The number of para-hydroxylation sites is 1. The van der Waals surface area contributed by atoms with Crippen LogP contribution in [0.4, 0.5) is 10.1 Å². The van der Waals surface area contributed by atoms with Crippen LogP contribution >= 0.6 is 0 Å². The van der Waals surface area contributed by atoms with Crippen molar-refractivity contribution in [2.24, 2.45) is 0 Å². The van der Waals surface area contributed by atoms with Crippen molar-refractivity contribution in [2.45, 2.75) is 0 Å². The number of rotatable bonds is 4. The van der Waals surface area contributed by atoms with E-state index < -0.39 is 11.7 Å². The summed E-state index contributed by atoms with van der Waals surface area (Å²) in [7, 11) is 0. The van der Waals surface area contributed by atoms with Gasteiger partial charge in [0.15, 0.2) is 6.61 Å². The zero-order valence-corrected chi connectivity index (χ0v) is 10.5. The lowest BCUT2D eigenvalue weighted by Gasteiger charge is -2.08. The normalized spacial score (nSPS) is 9.60.